The van der Waals surface area contributed by atoms with E-state index in [4.69, 9.17) is 5.10 Å². The second-order valence-electron chi connectivity index (χ2n) is 10.4. The number of nitro benzene ring substituents is 1. The number of benzene rings is 2. The molecule has 0 spiro atoms. The Morgan fingerprint density at radius 1 is 1.05 bits per heavy atom. The monoisotopic (exact) mass is 572 g/mol. The Morgan fingerprint density at radius 2 is 1.73 bits per heavy atom. The number of halogens is 3. The van der Waals surface area contributed by atoms with Crippen molar-refractivity contribution < 1.29 is 28.0 Å². The van der Waals surface area contributed by atoms with Gasteiger partial charge in [0.25, 0.3) is 5.69 Å². The fraction of sp³-hybridized carbons (Fsp3) is 0.429. The van der Waals surface area contributed by atoms with Gasteiger partial charge in [0.05, 0.1) is 28.8 Å². The molecule has 218 valence electrons. The van der Waals surface area contributed by atoms with Gasteiger partial charge in [0, 0.05) is 82.0 Å². The van der Waals surface area contributed by atoms with Gasteiger partial charge in [-0.1, -0.05) is 24.3 Å². The quantitative estimate of drug-likeness (QED) is 0.341. The van der Waals surface area contributed by atoms with Crippen LogP contribution in [0.15, 0.2) is 48.5 Å². The molecule has 3 heterocycles. The summed E-state index contributed by atoms with van der Waals surface area (Å²) in [5, 5.41) is 27.1. The normalized spacial score (nSPS) is 16.9. The number of para-hydroxylation sites is 2. The minimum absolute atomic E-state index is 0.0663. The lowest BCUT2D eigenvalue weighted by Gasteiger charge is -2.36. The van der Waals surface area contributed by atoms with Crippen molar-refractivity contribution in [2.45, 2.75) is 38.7 Å². The third-order valence-corrected chi connectivity index (χ3v) is 7.71. The molecule has 0 aliphatic carbocycles. The van der Waals surface area contributed by atoms with E-state index in [9.17, 15) is 33.2 Å². The summed E-state index contributed by atoms with van der Waals surface area (Å²) in [5.41, 5.74) is 2.54. The predicted molar refractivity (Wildman–Crippen MR) is 145 cm³/mol. The standard InChI is InChI=1S/C28H31F3N6O4/c1-19(38)35-11-10-24-23(18-35)27(20-6-8-21(9-7-20)28(29,30)31)32-36(24)17-22(39)16-33-12-14-34(15-13-33)25-4-2-3-5-26(25)37(40)41/h2-9,22,39H,10-18H2,1H3. The number of piperazine rings is 1. The molecule has 1 fully saturated rings. The number of aliphatic hydroxyl groups excluding tert-OH is 1. The van der Waals surface area contributed by atoms with E-state index in [1.165, 1.54) is 25.1 Å². The average molecular weight is 573 g/mol. The fourth-order valence-electron chi connectivity index (χ4n) is 5.57. The summed E-state index contributed by atoms with van der Waals surface area (Å²) in [6.45, 7) is 5.21. The molecule has 2 aromatic carbocycles. The molecule has 2 aliphatic heterocycles. The van der Waals surface area contributed by atoms with Gasteiger partial charge in [-0.15, -0.1) is 0 Å². The van der Waals surface area contributed by atoms with Gasteiger partial charge in [-0.2, -0.15) is 18.3 Å². The van der Waals surface area contributed by atoms with E-state index in [1.54, 1.807) is 27.8 Å². The molecular weight excluding hydrogens is 541 g/mol. The van der Waals surface area contributed by atoms with Gasteiger partial charge < -0.3 is 14.9 Å². The maximum Gasteiger partial charge on any atom is 0.416 e. The first-order chi connectivity index (χ1) is 19.5. The second kappa shape index (κ2) is 11.5. The van der Waals surface area contributed by atoms with Crippen LogP contribution in [0.2, 0.25) is 0 Å². The SMILES string of the molecule is CC(=O)N1CCc2c(c(-c3ccc(C(F)(F)F)cc3)nn2CC(O)CN2CCN(c3ccccc3[N+](=O)[O-])CC2)C1. The third-order valence-electron chi connectivity index (χ3n) is 7.71. The van der Waals surface area contributed by atoms with E-state index < -0.39 is 17.8 Å². The van der Waals surface area contributed by atoms with Crippen LogP contribution in [0.3, 0.4) is 0 Å². The summed E-state index contributed by atoms with van der Waals surface area (Å²) in [6.07, 6.45) is -4.71. The highest BCUT2D eigenvalue weighted by Gasteiger charge is 2.32. The molecule has 1 unspecified atom stereocenters. The number of nitrogens with zero attached hydrogens (tertiary/aromatic N) is 6. The number of aliphatic hydroxyl groups is 1. The molecule has 13 heteroatoms. The molecule has 1 amide bonds. The molecule has 0 radical (unpaired) electrons. The van der Waals surface area contributed by atoms with Gasteiger partial charge in [0.15, 0.2) is 0 Å². The van der Waals surface area contributed by atoms with Gasteiger partial charge in [0.1, 0.15) is 5.69 Å². The number of carbonyl (C=O) groups is 1. The number of hydrogen-bond acceptors (Lipinski definition) is 7. The Labute approximate surface area is 234 Å². The van der Waals surface area contributed by atoms with E-state index in [-0.39, 0.29) is 23.1 Å². The van der Waals surface area contributed by atoms with Crippen molar-refractivity contribution in [1.29, 1.82) is 0 Å². The lowest BCUT2D eigenvalue weighted by molar-refractivity contribution is -0.384. The number of amides is 1. The van der Waals surface area contributed by atoms with Crippen LogP contribution in [0, 0.1) is 10.1 Å². The average Bonchev–Trinajstić information content (AvgIpc) is 3.30. The van der Waals surface area contributed by atoms with Crippen molar-refractivity contribution in [2.24, 2.45) is 0 Å². The summed E-state index contributed by atoms with van der Waals surface area (Å²) in [5.74, 6) is -0.0956. The largest absolute Gasteiger partial charge is 0.416 e. The molecule has 2 aliphatic rings. The highest BCUT2D eigenvalue weighted by molar-refractivity contribution is 5.74. The van der Waals surface area contributed by atoms with Crippen molar-refractivity contribution in [3.05, 3.63) is 75.5 Å². The Kier molecular flexibility index (Phi) is 8.00. The van der Waals surface area contributed by atoms with Crippen LogP contribution < -0.4 is 4.90 Å². The Balaban J connectivity index is 1.29. The van der Waals surface area contributed by atoms with E-state index in [1.807, 2.05) is 4.90 Å². The Bertz CT molecular complexity index is 1420. The number of hydrogen-bond donors (Lipinski definition) is 1. The Morgan fingerprint density at radius 3 is 2.37 bits per heavy atom. The summed E-state index contributed by atoms with van der Waals surface area (Å²) in [6, 6.07) is 11.5. The number of β-amino-alcohol motifs (C(OH)–C–C–N with tert-alkyl or cyclic N) is 1. The van der Waals surface area contributed by atoms with Crippen LogP contribution in [0.25, 0.3) is 11.3 Å². The molecule has 3 aromatic rings. The smallest absolute Gasteiger partial charge is 0.390 e. The van der Waals surface area contributed by atoms with Crippen molar-refractivity contribution >= 4 is 17.3 Å². The van der Waals surface area contributed by atoms with E-state index in [0.29, 0.717) is 69.2 Å². The van der Waals surface area contributed by atoms with Crippen LogP contribution in [-0.2, 0) is 30.5 Å². The van der Waals surface area contributed by atoms with Crippen LogP contribution in [0.4, 0.5) is 24.5 Å². The van der Waals surface area contributed by atoms with Gasteiger partial charge in [-0.3, -0.25) is 24.5 Å². The zero-order chi connectivity index (χ0) is 29.3. The van der Waals surface area contributed by atoms with Crippen LogP contribution in [0.5, 0.6) is 0 Å². The van der Waals surface area contributed by atoms with E-state index in [0.717, 1.165) is 23.4 Å². The number of anilines is 1. The van der Waals surface area contributed by atoms with E-state index >= 15 is 0 Å². The number of rotatable bonds is 7. The minimum Gasteiger partial charge on any atom is -0.390 e. The molecule has 41 heavy (non-hydrogen) atoms. The van der Waals surface area contributed by atoms with Gasteiger partial charge in [0.2, 0.25) is 5.91 Å². The predicted octanol–water partition coefficient (Wildman–Crippen LogP) is 3.56. The summed E-state index contributed by atoms with van der Waals surface area (Å²) >= 11 is 0. The zero-order valence-electron chi connectivity index (χ0n) is 22.5. The first kappa shape index (κ1) is 28.6. The number of fused-ring (bicyclic) bond motifs is 1. The molecule has 0 saturated carbocycles. The summed E-state index contributed by atoms with van der Waals surface area (Å²) in [7, 11) is 0. The molecule has 5 rings (SSSR count). The van der Waals surface area contributed by atoms with Gasteiger partial charge >= 0.3 is 6.18 Å². The molecule has 10 nitrogen and oxygen atoms in total. The molecule has 0 bridgehead atoms. The van der Waals surface area contributed by atoms with Crippen molar-refractivity contribution in [3.8, 4) is 11.3 Å². The van der Waals surface area contributed by atoms with Gasteiger partial charge in [-0.25, -0.2) is 0 Å². The number of aromatic nitrogens is 2. The van der Waals surface area contributed by atoms with Gasteiger partial charge in [-0.05, 0) is 18.2 Å². The molecular formula is C28H31F3N6O4. The highest BCUT2D eigenvalue weighted by Crippen LogP contribution is 2.34. The van der Waals surface area contributed by atoms with E-state index in [2.05, 4.69) is 4.90 Å². The summed E-state index contributed by atoms with van der Waals surface area (Å²) in [4.78, 5) is 28.8. The molecule has 1 atom stereocenters. The van der Waals surface area contributed by atoms with Crippen LogP contribution in [-0.4, -0.2) is 80.9 Å². The maximum atomic E-state index is 13.1. The minimum atomic E-state index is -4.45. The first-order valence-corrected chi connectivity index (χ1v) is 13.4. The Hall–Kier alpha value is -3.97. The topological polar surface area (TPSA) is 108 Å². The lowest BCUT2D eigenvalue weighted by atomic mass is 10.00. The van der Waals surface area contributed by atoms with Crippen LogP contribution in [0.1, 0.15) is 23.7 Å². The van der Waals surface area contributed by atoms with Crippen molar-refractivity contribution in [1.82, 2.24) is 19.6 Å². The van der Waals surface area contributed by atoms with Crippen molar-refractivity contribution in [3.63, 3.8) is 0 Å². The maximum absolute atomic E-state index is 13.1. The first-order valence-electron chi connectivity index (χ1n) is 13.4. The number of alkyl halides is 3. The van der Waals surface area contributed by atoms with Crippen molar-refractivity contribution in [2.75, 3.05) is 44.2 Å². The molecule has 1 aromatic heterocycles. The third kappa shape index (κ3) is 6.20. The number of nitro groups is 1. The fourth-order valence-corrected chi connectivity index (χ4v) is 5.57. The zero-order valence-corrected chi connectivity index (χ0v) is 22.5. The molecule has 1 saturated heterocycles. The summed E-state index contributed by atoms with van der Waals surface area (Å²) < 4.78 is 41.0. The molecule has 1 N–H and O–H groups in total. The van der Waals surface area contributed by atoms with Crippen LogP contribution >= 0.6 is 0 Å². The lowest BCUT2D eigenvalue weighted by Crippen LogP contribution is -2.49. The highest BCUT2D eigenvalue weighted by atomic mass is 19.4. The second-order valence-corrected chi connectivity index (χ2v) is 10.4. The number of carbonyl (C=O) groups excluding carboxylic acids is 1.